The maximum Gasteiger partial charge on any atom is 0.337 e. The first-order valence-corrected chi connectivity index (χ1v) is 8.96. The Morgan fingerprint density at radius 2 is 2.07 bits per heavy atom. The number of aryl methyl sites for hydroxylation is 1. The van der Waals surface area contributed by atoms with Gasteiger partial charge in [-0.05, 0) is 48.2 Å². The van der Waals surface area contributed by atoms with Gasteiger partial charge in [0.1, 0.15) is 5.65 Å². The molecular weight excluding hydrogens is 342 g/mol. The summed E-state index contributed by atoms with van der Waals surface area (Å²) in [5, 5.41) is 0. The van der Waals surface area contributed by atoms with E-state index in [9.17, 15) is 9.59 Å². The molecule has 1 amide bonds. The van der Waals surface area contributed by atoms with Crippen molar-refractivity contribution in [3.8, 4) is 0 Å². The van der Waals surface area contributed by atoms with Crippen LogP contribution >= 0.6 is 0 Å². The number of hydrogen-bond donors (Lipinski definition) is 0. The number of carbonyl (C=O) groups is 2. The maximum absolute atomic E-state index is 12.9. The van der Waals surface area contributed by atoms with Gasteiger partial charge in [-0.1, -0.05) is 12.1 Å². The number of fused-ring (bicyclic) bond motifs is 2. The Morgan fingerprint density at radius 3 is 2.89 bits per heavy atom. The number of aromatic nitrogens is 2. The number of ether oxygens (including phenoxy) is 1. The molecule has 0 saturated heterocycles. The molecule has 0 unspecified atom stereocenters. The van der Waals surface area contributed by atoms with Crippen LogP contribution in [0.4, 0.5) is 0 Å². The molecule has 27 heavy (non-hydrogen) atoms. The van der Waals surface area contributed by atoms with Crippen LogP contribution in [0, 0.1) is 6.92 Å². The Kier molecular flexibility index (Phi) is 4.39. The van der Waals surface area contributed by atoms with E-state index in [1.54, 1.807) is 12.3 Å². The number of pyridine rings is 1. The van der Waals surface area contributed by atoms with Crippen molar-refractivity contribution in [3.63, 3.8) is 0 Å². The van der Waals surface area contributed by atoms with Gasteiger partial charge in [0, 0.05) is 25.5 Å². The minimum Gasteiger partial charge on any atom is -0.465 e. The maximum atomic E-state index is 12.9. The van der Waals surface area contributed by atoms with Crippen molar-refractivity contribution in [2.24, 2.45) is 0 Å². The SMILES string of the molecule is COC(=O)c1ccc2c(c1)CN(C(=O)Cc1cnc3c(C)cccn13)CC2. The first kappa shape index (κ1) is 17.3. The van der Waals surface area contributed by atoms with Crippen LogP contribution in [-0.2, 0) is 28.9 Å². The second kappa shape index (κ2) is 6.87. The summed E-state index contributed by atoms with van der Waals surface area (Å²) < 4.78 is 6.77. The molecule has 0 atom stereocenters. The number of rotatable bonds is 3. The van der Waals surface area contributed by atoms with E-state index in [2.05, 4.69) is 4.98 Å². The Bertz CT molecular complexity index is 1040. The Balaban J connectivity index is 1.53. The van der Waals surface area contributed by atoms with Crippen molar-refractivity contribution in [2.45, 2.75) is 26.3 Å². The van der Waals surface area contributed by atoms with E-state index in [4.69, 9.17) is 4.74 Å². The summed E-state index contributed by atoms with van der Waals surface area (Å²) in [5.74, 6) is -0.297. The zero-order valence-electron chi connectivity index (χ0n) is 15.4. The summed E-state index contributed by atoms with van der Waals surface area (Å²) >= 11 is 0. The number of carbonyl (C=O) groups excluding carboxylic acids is 2. The number of benzene rings is 1. The fourth-order valence-electron chi connectivity index (χ4n) is 3.61. The highest BCUT2D eigenvalue weighted by molar-refractivity contribution is 5.89. The molecule has 0 radical (unpaired) electrons. The van der Waals surface area contributed by atoms with Gasteiger partial charge in [-0.3, -0.25) is 4.79 Å². The van der Waals surface area contributed by atoms with Crippen LogP contribution < -0.4 is 0 Å². The molecule has 138 valence electrons. The molecule has 0 spiro atoms. The topological polar surface area (TPSA) is 63.9 Å². The Labute approximate surface area is 157 Å². The molecular formula is C21H21N3O3. The molecule has 6 nitrogen and oxygen atoms in total. The molecule has 0 fully saturated rings. The van der Waals surface area contributed by atoms with Crippen LogP contribution in [0.1, 0.15) is 32.7 Å². The van der Waals surface area contributed by atoms with Crippen molar-refractivity contribution in [1.29, 1.82) is 0 Å². The van der Waals surface area contributed by atoms with Gasteiger partial charge < -0.3 is 14.0 Å². The number of amides is 1. The lowest BCUT2D eigenvalue weighted by molar-refractivity contribution is -0.131. The van der Waals surface area contributed by atoms with Gasteiger partial charge in [0.05, 0.1) is 24.8 Å². The quantitative estimate of drug-likeness (QED) is 0.671. The highest BCUT2D eigenvalue weighted by Gasteiger charge is 2.23. The molecule has 6 heteroatoms. The monoisotopic (exact) mass is 363 g/mol. The summed E-state index contributed by atoms with van der Waals surface area (Å²) in [6.45, 7) is 3.20. The van der Waals surface area contributed by atoms with Crippen LogP contribution in [0.5, 0.6) is 0 Å². The third-order valence-corrected chi connectivity index (χ3v) is 5.13. The molecule has 1 aliphatic rings. The van der Waals surface area contributed by atoms with Gasteiger partial charge in [0.25, 0.3) is 0 Å². The van der Waals surface area contributed by atoms with E-state index in [-0.39, 0.29) is 11.9 Å². The number of esters is 1. The van der Waals surface area contributed by atoms with Crippen molar-refractivity contribution in [3.05, 3.63) is 70.7 Å². The van der Waals surface area contributed by atoms with Crippen LogP contribution in [0.2, 0.25) is 0 Å². The molecule has 3 aromatic rings. The van der Waals surface area contributed by atoms with Gasteiger partial charge in [-0.2, -0.15) is 0 Å². The zero-order chi connectivity index (χ0) is 19.0. The number of methoxy groups -OCH3 is 1. The minimum absolute atomic E-state index is 0.0624. The summed E-state index contributed by atoms with van der Waals surface area (Å²) in [4.78, 5) is 30.9. The average Bonchev–Trinajstić information content (AvgIpc) is 3.10. The standard InChI is InChI=1S/C21H21N3O3/c1-14-4-3-8-24-18(12-22-20(14)24)11-19(25)23-9-7-15-5-6-16(21(26)27-2)10-17(15)13-23/h3-6,8,10,12H,7,9,11,13H2,1-2H3. The van der Waals surface area contributed by atoms with E-state index in [0.717, 1.165) is 28.9 Å². The lowest BCUT2D eigenvalue weighted by Gasteiger charge is -2.29. The predicted octanol–water partition coefficient (Wildman–Crippen LogP) is 2.56. The van der Waals surface area contributed by atoms with E-state index >= 15 is 0 Å². The minimum atomic E-state index is -0.359. The first-order chi connectivity index (χ1) is 13.1. The molecule has 0 aliphatic carbocycles. The summed E-state index contributed by atoms with van der Waals surface area (Å²) in [5.41, 5.74) is 5.55. The number of hydrogen-bond acceptors (Lipinski definition) is 4. The first-order valence-electron chi connectivity index (χ1n) is 8.96. The van der Waals surface area contributed by atoms with Crippen LogP contribution in [0.25, 0.3) is 5.65 Å². The largest absolute Gasteiger partial charge is 0.465 e. The van der Waals surface area contributed by atoms with E-state index in [0.29, 0.717) is 25.1 Å². The second-order valence-corrected chi connectivity index (χ2v) is 6.85. The van der Waals surface area contributed by atoms with Gasteiger partial charge >= 0.3 is 5.97 Å². The fourth-order valence-corrected chi connectivity index (χ4v) is 3.61. The third kappa shape index (κ3) is 3.18. The van der Waals surface area contributed by atoms with Crippen LogP contribution in [-0.4, -0.2) is 39.8 Å². The molecule has 0 saturated carbocycles. The Morgan fingerprint density at radius 1 is 1.22 bits per heavy atom. The van der Waals surface area contributed by atoms with Gasteiger partial charge in [0.2, 0.25) is 5.91 Å². The van der Waals surface area contributed by atoms with Crippen LogP contribution in [0.3, 0.4) is 0 Å². The highest BCUT2D eigenvalue weighted by Crippen LogP contribution is 2.22. The second-order valence-electron chi connectivity index (χ2n) is 6.85. The highest BCUT2D eigenvalue weighted by atomic mass is 16.5. The summed E-state index contributed by atoms with van der Waals surface area (Å²) in [7, 11) is 1.37. The fraction of sp³-hybridized carbons (Fsp3) is 0.286. The smallest absolute Gasteiger partial charge is 0.337 e. The Hall–Kier alpha value is -3.15. The van der Waals surface area contributed by atoms with Crippen molar-refractivity contribution < 1.29 is 14.3 Å². The number of imidazole rings is 1. The lowest BCUT2D eigenvalue weighted by Crippen LogP contribution is -2.37. The summed E-state index contributed by atoms with van der Waals surface area (Å²) in [6, 6.07) is 9.54. The molecule has 2 aromatic heterocycles. The summed E-state index contributed by atoms with van der Waals surface area (Å²) in [6.07, 6.45) is 4.80. The molecule has 0 bridgehead atoms. The number of nitrogens with zero attached hydrogens (tertiary/aromatic N) is 3. The molecule has 1 aromatic carbocycles. The molecule has 3 heterocycles. The molecule has 0 N–H and O–H groups in total. The normalized spacial score (nSPS) is 13.5. The zero-order valence-corrected chi connectivity index (χ0v) is 15.4. The van der Waals surface area contributed by atoms with E-state index in [1.165, 1.54) is 12.7 Å². The van der Waals surface area contributed by atoms with Crippen molar-refractivity contribution >= 4 is 17.5 Å². The average molecular weight is 363 g/mol. The third-order valence-electron chi connectivity index (χ3n) is 5.13. The predicted molar refractivity (Wildman–Crippen MR) is 101 cm³/mol. The van der Waals surface area contributed by atoms with Crippen LogP contribution in [0.15, 0.2) is 42.7 Å². The molecule has 1 aliphatic heterocycles. The van der Waals surface area contributed by atoms with Gasteiger partial charge in [0.15, 0.2) is 0 Å². The van der Waals surface area contributed by atoms with E-state index in [1.807, 2.05) is 46.7 Å². The van der Waals surface area contributed by atoms with Gasteiger partial charge in [-0.25, -0.2) is 9.78 Å². The van der Waals surface area contributed by atoms with Crippen molar-refractivity contribution in [2.75, 3.05) is 13.7 Å². The lowest BCUT2D eigenvalue weighted by atomic mass is 9.97. The van der Waals surface area contributed by atoms with E-state index < -0.39 is 0 Å². The van der Waals surface area contributed by atoms with Gasteiger partial charge in [-0.15, -0.1) is 0 Å². The molecule has 4 rings (SSSR count). The van der Waals surface area contributed by atoms with Crippen molar-refractivity contribution in [1.82, 2.24) is 14.3 Å².